The van der Waals surface area contributed by atoms with E-state index in [1.807, 2.05) is 85.9 Å². The number of anilines is 1. The molecule has 0 atom stereocenters. The number of amides is 1. The molecule has 176 valence electrons. The molecule has 4 aromatic rings. The Labute approximate surface area is 209 Å². The van der Waals surface area contributed by atoms with Gasteiger partial charge in [-0.15, -0.1) is 0 Å². The third kappa shape index (κ3) is 4.76. The smallest absolute Gasteiger partial charge is 0.281 e. The van der Waals surface area contributed by atoms with Gasteiger partial charge in [0.25, 0.3) is 5.91 Å². The number of ether oxygens (including phenoxy) is 2. The highest BCUT2D eigenvalue weighted by molar-refractivity contribution is 7.80. The molecule has 0 radical (unpaired) electrons. The Hall–Kier alpha value is -4.10. The Morgan fingerprint density at radius 2 is 1.63 bits per heavy atom. The van der Waals surface area contributed by atoms with E-state index in [-0.39, 0.29) is 5.91 Å². The average molecular weight is 484 g/mol. The van der Waals surface area contributed by atoms with Crippen LogP contribution in [0.1, 0.15) is 12.5 Å². The first-order chi connectivity index (χ1) is 17.1. The zero-order valence-electron chi connectivity index (χ0n) is 19.3. The van der Waals surface area contributed by atoms with Gasteiger partial charge in [-0.3, -0.25) is 9.69 Å². The lowest BCUT2D eigenvalue weighted by molar-refractivity contribution is -0.113. The molecule has 1 aromatic heterocycles. The molecule has 2 heterocycles. The SMILES string of the molecule is CCOc1ccc(N2C(=O)/C(=C/c3cn(CCOc4ccccc4)c4ccccc34)NC2=S)cc1. The highest BCUT2D eigenvalue weighted by atomic mass is 32.1. The summed E-state index contributed by atoms with van der Waals surface area (Å²) in [5, 5.41) is 4.49. The summed E-state index contributed by atoms with van der Waals surface area (Å²) in [6, 6.07) is 25.2. The Bertz CT molecular complexity index is 1390. The Morgan fingerprint density at radius 3 is 2.40 bits per heavy atom. The van der Waals surface area contributed by atoms with E-state index in [4.69, 9.17) is 21.7 Å². The van der Waals surface area contributed by atoms with Gasteiger partial charge in [0.15, 0.2) is 5.11 Å². The number of benzene rings is 3. The summed E-state index contributed by atoms with van der Waals surface area (Å²) in [6.45, 7) is 3.73. The quantitative estimate of drug-likeness (QED) is 0.269. The van der Waals surface area contributed by atoms with Gasteiger partial charge in [0.05, 0.1) is 18.8 Å². The Kier molecular flexibility index (Phi) is 6.50. The minimum Gasteiger partial charge on any atom is -0.494 e. The van der Waals surface area contributed by atoms with E-state index in [2.05, 4.69) is 22.0 Å². The molecule has 0 bridgehead atoms. The lowest BCUT2D eigenvalue weighted by Gasteiger charge is -2.14. The first-order valence-corrected chi connectivity index (χ1v) is 11.9. The molecule has 1 amide bonds. The molecule has 1 aliphatic heterocycles. The second-order valence-corrected chi connectivity index (χ2v) is 8.40. The molecule has 3 aromatic carbocycles. The number of fused-ring (bicyclic) bond motifs is 1. The molecule has 1 N–H and O–H groups in total. The summed E-state index contributed by atoms with van der Waals surface area (Å²) in [4.78, 5) is 14.8. The highest BCUT2D eigenvalue weighted by Gasteiger charge is 2.32. The van der Waals surface area contributed by atoms with Crippen LogP contribution in [0.2, 0.25) is 0 Å². The standard InChI is InChI=1S/C28H25N3O3S/c1-2-33-23-14-12-21(13-15-23)31-27(32)25(29-28(31)35)18-20-19-30(26-11-7-6-10-24(20)26)16-17-34-22-8-4-3-5-9-22/h3-15,18-19H,2,16-17H2,1H3,(H,29,35)/b25-18-. The summed E-state index contributed by atoms with van der Waals surface area (Å²) in [5.74, 6) is 1.40. The lowest BCUT2D eigenvalue weighted by atomic mass is 10.1. The van der Waals surface area contributed by atoms with Crippen LogP contribution in [0.4, 0.5) is 5.69 Å². The van der Waals surface area contributed by atoms with Crippen molar-refractivity contribution in [1.82, 2.24) is 9.88 Å². The van der Waals surface area contributed by atoms with Crippen molar-refractivity contribution in [2.24, 2.45) is 0 Å². The number of rotatable bonds is 8. The number of carbonyl (C=O) groups is 1. The van der Waals surface area contributed by atoms with Crippen LogP contribution in [-0.2, 0) is 11.3 Å². The summed E-state index contributed by atoms with van der Waals surface area (Å²) in [6.07, 6.45) is 3.91. The number of nitrogens with one attached hydrogen (secondary N) is 1. The van der Waals surface area contributed by atoms with Crippen molar-refractivity contribution >= 4 is 45.9 Å². The van der Waals surface area contributed by atoms with Crippen molar-refractivity contribution in [2.45, 2.75) is 13.5 Å². The number of thiocarbonyl (C=S) groups is 1. The monoisotopic (exact) mass is 483 g/mol. The topological polar surface area (TPSA) is 55.7 Å². The predicted molar refractivity (Wildman–Crippen MR) is 143 cm³/mol. The summed E-state index contributed by atoms with van der Waals surface area (Å²) in [5.41, 5.74) is 3.15. The first kappa shape index (κ1) is 22.7. The summed E-state index contributed by atoms with van der Waals surface area (Å²) < 4.78 is 13.5. The van der Waals surface area contributed by atoms with Gasteiger partial charge in [0.2, 0.25) is 0 Å². The number of carbonyl (C=O) groups excluding carboxylic acids is 1. The maximum Gasteiger partial charge on any atom is 0.281 e. The maximum atomic E-state index is 13.3. The van der Waals surface area contributed by atoms with Crippen LogP contribution in [0.5, 0.6) is 11.5 Å². The minimum absolute atomic E-state index is 0.191. The molecule has 0 unspecified atom stereocenters. The minimum atomic E-state index is -0.191. The van der Waals surface area contributed by atoms with E-state index >= 15 is 0 Å². The normalized spacial score (nSPS) is 14.5. The fourth-order valence-electron chi connectivity index (χ4n) is 4.14. The highest BCUT2D eigenvalue weighted by Crippen LogP contribution is 2.28. The van der Waals surface area contributed by atoms with Crippen LogP contribution in [0.3, 0.4) is 0 Å². The first-order valence-electron chi connectivity index (χ1n) is 11.5. The van der Waals surface area contributed by atoms with E-state index in [9.17, 15) is 4.79 Å². The molecule has 1 fully saturated rings. The van der Waals surface area contributed by atoms with Crippen LogP contribution < -0.4 is 19.7 Å². The van der Waals surface area contributed by atoms with Crippen molar-refractivity contribution in [3.8, 4) is 11.5 Å². The van der Waals surface area contributed by atoms with Crippen molar-refractivity contribution < 1.29 is 14.3 Å². The van der Waals surface area contributed by atoms with E-state index in [1.54, 1.807) is 0 Å². The van der Waals surface area contributed by atoms with Crippen molar-refractivity contribution in [2.75, 3.05) is 18.1 Å². The Balaban J connectivity index is 1.38. The van der Waals surface area contributed by atoms with E-state index < -0.39 is 0 Å². The van der Waals surface area contributed by atoms with Crippen LogP contribution in [0.25, 0.3) is 17.0 Å². The van der Waals surface area contributed by atoms with Crippen LogP contribution in [-0.4, -0.2) is 28.8 Å². The molecule has 0 aliphatic carbocycles. The van der Waals surface area contributed by atoms with E-state index in [0.717, 1.165) is 28.0 Å². The lowest BCUT2D eigenvalue weighted by Crippen LogP contribution is -2.30. The molecule has 7 heteroatoms. The molecule has 1 aliphatic rings. The molecule has 5 rings (SSSR count). The van der Waals surface area contributed by atoms with Crippen molar-refractivity contribution in [3.63, 3.8) is 0 Å². The average Bonchev–Trinajstić information content (AvgIpc) is 3.37. The number of para-hydroxylation sites is 2. The molecule has 0 spiro atoms. The van der Waals surface area contributed by atoms with Crippen molar-refractivity contribution in [1.29, 1.82) is 0 Å². The zero-order valence-corrected chi connectivity index (χ0v) is 20.1. The Morgan fingerprint density at radius 1 is 0.914 bits per heavy atom. The van der Waals surface area contributed by atoms with Crippen molar-refractivity contribution in [3.05, 3.63) is 96.3 Å². The molecule has 35 heavy (non-hydrogen) atoms. The van der Waals surface area contributed by atoms with Gasteiger partial charge in [0.1, 0.15) is 23.8 Å². The molecular formula is C28H25N3O3S. The number of nitrogens with zero attached hydrogens (tertiary/aromatic N) is 2. The second-order valence-electron chi connectivity index (χ2n) is 8.01. The second kappa shape index (κ2) is 10.0. The third-order valence-electron chi connectivity index (χ3n) is 5.75. The number of aromatic nitrogens is 1. The van der Waals surface area contributed by atoms with Gasteiger partial charge in [-0.25, -0.2) is 0 Å². The van der Waals surface area contributed by atoms with E-state index in [1.165, 1.54) is 4.90 Å². The summed E-state index contributed by atoms with van der Waals surface area (Å²) >= 11 is 5.48. The molecule has 1 saturated heterocycles. The summed E-state index contributed by atoms with van der Waals surface area (Å²) in [7, 11) is 0. The largest absolute Gasteiger partial charge is 0.494 e. The fraction of sp³-hybridized carbons (Fsp3) is 0.143. The van der Waals surface area contributed by atoms with Crippen LogP contribution in [0, 0.1) is 0 Å². The fourth-order valence-corrected chi connectivity index (χ4v) is 4.44. The predicted octanol–water partition coefficient (Wildman–Crippen LogP) is 5.38. The number of hydrogen-bond donors (Lipinski definition) is 1. The third-order valence-corrected chi connectivity index (χ3v) is 6.03. The zero-order chi connectivity index (χ0) is 24.2. The van der Waals surface area contributed by atoms with Gasteiger partial charge in [-0.1, -0.05) is 36.4 Å². The van der Waals surface area contributed by atoms with Gasteiger partial charge in [-0.05, 0) is 67.7 Å². The van der Waals surface area contributed by atoms with Crippen LogP contribution in [0.15, 0.2) is 90.8 Å². The maximum absolute atomic E-state index is 13.3. The van der Waals surface area contributed by atoms with Gasteiger partial charge in [-0.2, -0.15) is 0 Å². The van der Waals surface area contributed by atoms with Crippen LogP contribution >= 0.6 is 12.2 Å². The molecular weight excluding hydrogens is 458 g/mol. The molecule has 6 nitrogen and oxygen atoms in total. The van der Waals surface area contributed by atoms with Gasteiger partial charge >= 0.3 is 0 Å². The van der Waals surface area contributed by atoms with Gasteiger partial charge in [0, 0.05) is 22.7 Å². The van der Waals surface area contributed by atoms with E-state index in [0.29, 0.717) is 36.3 Å². The molecule has 0 saturated carbocycles. The number of hydrogen-bond acceptors (Lipinski definition) is 4. The van der Waals surface area contributed by atoms with Gasteiger partial charge < -0.3 is 19.4 Å².